The quantitative estimate of drug-likeness (QED) is 0.625. The van der Waals surface area contributed by atoms with Crippen molar-refractivity contribution in [3.63, 3.8) is 0 Å². The van der Waals surface area contributed by atoms with E-state index in [0.29, 0.717) is 4.47 Å². The maximum absolute atomic E-state index is 12.7. The van der Waals surface area contributed by atoms with Gasteiger partial charge in [0, 0.05) is 26.4 Å². The summed E-state index contributed by atoms with van der Waals surface area (Å²) in [6.45, 7) is 0. The first-order chi connectivity index (χ1) is 7.00. The van der Waals surface area contributed by atoms with Crippen LogP contribution in [0.15, 0.2) is 29.0 Å². The van der Waals surface area contributed by atoms with E-state index in [2.05, 4.69) is 20.9 Å². The molecule has 0 bridgehead atoms. The van der Waals surface area contributed by atoms with Gasteiger partial charge in [0.2, 0.25) is 5.78 Å². The normalized spacial score (nSPS) is 10.7. The van der Waals surface area contributed by atoms with Crippen molar-refractivity contribution in [2.45, 2.75) is 0 Å². The molecule has 1 aromatic rings. The molecule has 0 unspecified atom stereocenters. The first kappa shape index (κ1) is 11.8. The second kappa shape index (κ2) is 5.02. The summed E-state index contributed by atoms with van der Waals surface area (Å²) in [5.74, 6) is -0.745. The molecule has 0 aliphatic heterocycles. The molecule has 5 heteroatoms. The largest absolute Gasteiger partial charge is 0.383 e. The van der Waals surface area contributed by atoms with Crippen LogP contribution in [0.5, 0.6) is 0 Å². The van der Waals surface area contributed by atoms with E-state index in [4.69, 9.17) is 0 Å². The lowest BCUT2D eigenvalue weighted by Gasteiger charge is -2.03. The summed E-state index contributed by atoms with van der Waals surface area (Å²) < 4.78 is 13.1. The highest BCUT2D eigenvalue weighted by Crippen LogP contribution is 2.16. The topological polar surface area (TPSA) is 33.2 Å². The van der Waals surface area contributed by atoms with Crippen LogP contribution in [0.1, 0.15) is 10.5 Å². The van der Waals surface area contributed by atoms with Crippen LogP contribution in [-0.4, -0.2) is 29.8 Å². The summed E-state index contributed by atoms with van der Waals surface area (Å²) in [5, 5.41) is 0. The Morgan fingerprint density at radius 1 is 1.60 bits per heavy atom. The number of carbonyl (C=O) groups is 1. The van der Waals surface area contributed by atoms with Crippen molar-refractivity contribution in [3.8, 4) is 0 Å². The maximum atomic E-state index is 12.7. The number of pyridine rings is 1. The molecule has 0 amide bonds. The molecule has 80 valence electrons. The minimum Gasteiger partial charge on any atom is -0.383 e. The molecular weight excluding hydrogens is 263 g/mol. The van der Waals surface area contributed by atoms with E-state index in [1.54, 1.807) is 25.2 Å². The van der Waals surface area contributed by atoms with Crippen LogP contribution in [0, 0.1) is 5.82 Å². The Balaban J connectivity index is 2.92. The van der Waals surface area contributed by atoms with Gasteiger partial charge >= 0.3 is 0 Å². The molecule has 1 heterocycles. The van der Waals surface area contributed by atoms with Crippen molar-refractivity contribution in [2.75, 3.05) is 14.1 Å². The molecular formula is C10H10BrFN2O. The van der Waals surface area contributed by atoms with Crippen molar-refractivity contribution in [2.24, 2.45) is 0 Å². The van der Waals surface area contributed by atoms with Gasteiger partial charge in [-0.3, -0.25) is 4.79 Å². The lowest BCUT2D eigenvalue weighted by Crippen LogP contribution is -2.05. The number of allylic oxidation sites excluding steroid dienone is 1. The Bertz CT molecular complexity index is 404. The number of ketones is 1. The lowest BCUT2D eigenvalue weighted by molar-refractivity contribution is 0.104. The van der Waals surface area contributed by atoms with E-state index < -0.39 is 5.82 Å². The smallest absolute Gasteiger partial charge is 0.206 e. The highest BCUT2D eigenvalue weighted by Gasteiger charge is 2.09. The average Bonchev–Trinajstić information content (AvgIpc) is 2.14. The lowest BCUT2D eigenvalue weighted by atomic mass is 10.2. The van der Waals surface area contributed by atoms with Gasteiger partial charge < -0.3 is 4.90 Å². The molecule has 0 N–H and O–H groups in total. The third kappa shape index (κ3) is 3.43. The molecule has 15 heavy (non-hydrogen) atoms. The fourth-order valence-electron chi connectivity index (χ4n) is 0.892. The number of halogens is 2. The summed E-state index contributed by atoms with van der Waals surface area (Å²) >= 11 is 3.08. The first-order valence-corrected chi connectivity index (χ1v) is 5.00. The van der Waals surface area contributed by atoms with E-state index in [9.17, 15) is 9.18 Å². The standard InChI is InChI=1S/C10H10BrFN2O/c1-14(2)4-3-9(15)10-8(11)5-7(12)6-13-10/h3-6H,1-2H3/b4-3+. The van der Waals surface area contributed by atoms with E-state index in [-0.39, 0.29) is 11.5 Å². The fraction of sp³-hybridized carbons (Fsp3) is 0.200. The molecule has 0 aliphatic carbocycles. The monoisotopic (exact) mass is 272 g/mol. The number of hydrogen-bond donors (Lipinski definition) is 0. The van der Waals surface area contributed by atoms with E-state index >= 15 is 0 Å². The molecule has 0 saturated heterocycles. The molecule has 3 nitrogen and oxygen atoms in total. The van der Waals surface area contributed by atoms with E-state index in [1.165, 1.54) is 12.1 Å². The third-order valence-electron chi connectivity index (χ3n) is 1.57. The summed E-state index contributed by atoms with van der Waals surface area (Å²) in [6.07, 6.45) is 4.01. The molecule has 0 radical (unpaired) electrons. The molecule has 0 aromatic carbocycles. The number of aromatic nitrogens is 1. The van der Waals surface area contributed by atoms with Crippen molar-refractivity contribution < 1.29 is 9.18 Å². The molecule has 1 rings (SSSR count). The summed E-state index contributed by atoms with van der Waals surface area (Å²) in [6, 6.07) is 1.21. The predicted molar refractivity (Wildman–Crippen MR) is 59.1 cm³/mol. The predicted octanol–water partition coefficient (Wildman–Crippen LogP) is 2.24. The van der Waals surface area contributed by atoms with Crippen molar-refractivity contribution in [3.05, 3.63) is 40.5 Å². The Morgan fingerprint density at radius 2 is 2.27 bits per heavy atom. The van der Waals surface area contributed by atoms with Crippen molar-refractivity contribution >= 4 is 21.7 Å². The molecule has 1 aromatic heterocycles. The van der Waals surface area contributed by atoms with Gasteiger partial charge in [-0.15, -0.1) is 0 Å². The van der Waals surface area contributed by atoms with E-state index in [1.807, 2.05) is 0 Å². The molecule has 0 aliphatic rings. The highest BCUT2D eigenvalue weighted by atomic mass is 79.9. The summed E-state index contributed by atoms with van der Waals surface area (Å²) in [5.41, 5.74) is 0.203. The maximum Gasteiger partial charge on any atom is 0.206 e. The zero-order chi connectivity index (χ0) is 11.4. The van der Waals surface area contributed by atoms with Gasteiger partial charge in [-0.25, -0.2) is 9.37 Å². The minimum atomic E-state index is -0.477. The van der Waals surface area contributed by atoms with Crippen LogP contribution in [0.2, 0.25) is 0 Å². The SMILES string of the molecule is CN(C)/C=C/C(=O)c1ncc(F)cc1Br. The Labute approximate surface area is 95.7 Å². The van der Waals surface area contributed by atoms with Crippen LogP contribution in [0.3, 0.4) is 0 Å². The molecule has 0 spiro atoms. The van der Waals surface area contributed by atoms with Crippen LogP contribution in [-0.2, 0) is 0 Å². The van der Waals surface area contributed by atoms with Gasteiger partial charge in [-0.05, 0) is 22.0 Å². The van der Waals surface area contributed by atoms with E-state index in [0.717, 1.165) is 6.20 Å². The Hall–Kier alpha value is -1.23. The van der Waals surface area contributed by atoms with Gasteiger partial charge in [-0.1, -0.05) is 0 Å². The highest BCUT2D eigenvalue weighted by molar-refractivity contribution is 9.10. The van der Waals surface area contributed by atoms with Crippen molar-refractivity contribution in [1.82, 2.24) is 9.88 Å². The number of hydrogen-bond acceptors (Lipinski definition) is 3. The summed E-state index contributed by atoms with van der Waals surface area (Å²) in [7, 11) is 3.60. The fourth-order valence-corrected chi connectivity index (χ4v) is 1.41. The third-order valence-corrected chi connectivity index (χ3v) is 2.17. The molecule has 0 atom stereocenters. The number of nitrogens with zero attached hydrogens (tertiary/aromatic N) is 2. The van der Waals surface area contributed by atoms with Gasteiger partial charge in [0.1, 0.15) is 11.5 Å². The van der Waals surface area contributed by atoms with Crippen LogP contribution < -0.4 is 0 Å². The Morgan fingerprint density at radius 3 is 2.80 bits per heavy atom. The first-order valence-electron chi connectivity index (χ1n) is 4.20. The average molecular weight is 273 g/mol. The van der Waals surface area contributed by atoms with Crippen LogP contribution >= 0.6 is 15.9 Å². The number of rotatable bonds is 3. The van der Waals surface area contributed by atoms with Gasteiger partial charge in [0.05, 0.1) is 10.7 Å². The van der Waals surface area contributed by atoms with Crippen LogP contribution in [0.25, 0.3) is 0 Å². The van der Waals surface area contributed by atoms with Gasteiger partial charge in [0.25, 0.3) is 0 Å². The molecule has 0 fully saturated rings. The van der Waals surface area contributed by atoms with Crippen LogP contribution in [0.4, 0.5) is 4.39 Å². The van der Waals surface area contributed by atoms with Crippen molar-refractivity contribution in [1.29, 1.82) is 0 Å². The summed E-state index contributed by atoms with van der Waals surface area (Å²) in [4.78, 5) is 17.0. The molecule has 0 saturated carbocycles. The second-order valence-electron chi connectivity index (χ2n) is 3.13. The second-order valence-corrected chi connectivity index (χ2v) is 3.98. The Kier molecular flexibility index (Phi) is 3.96. The van der Waals surface area contributed by atoms with Gasteiger partial charge in [-0.2, -0.15) is 0 Å². The van der Waals surface area contributed by atoms with Gasteiger partial charge in [0.15, 0.2) is 0 Å². The number of carbonyl (C=O) groups excluding carboxylic acids is 1. The minimum absolute atomic E-state index is 0.203. The zero-order valence-electron chi connectivity index (χ0n) is 8.37. The zero-order valence-corrected chi connectivity index (χ0v) is 9.95.